The first-order valence-corrected chi connectivity index (χ1v) is 36.7. The van der Waals surface area contributed by atoms with Gasteiger partial charge in [-0.3, -0.25) is 0 Å². The molecule has 0 bridgehead atoms. The summed E-state index contributed by atoms with van der Waals surface area (Å²) in [6.45, 7) is 7.02. The highest BCUT2D eigenvalue weighted by molar-refractivity contribution is 7.97. The topological polar surface area (TPSA) is 157 Å². The predicted octanol–water partition coefficient (Wildman–Crippen LogP) is -3.20. The van der Waals surface area contributed by atoms with Crippen molar-refractivity contribution in [2.45, 2.75) is 52.4 Å². The van der Waals surface area contributed by atoms with Crippen LogP contribution in [0, 0.1) is 0 Å². The van der Waals surface area contributed by atoms with E-state index in [9.17, 15) is 24.0 Å². The van der Waals surface area contributed by atoms with Crippen molar-refractivity contribution < 1.29 is 49.0 Å². The van der Waals surface area contributed by atoms with E-state index in [1.807, 2.05) is 32.7 Å². The summed E-state index contributed by atoms with van der Waals surface area (Å²) in [6.07, 6.45) is 0. The third-order valence-corrected chi connectivity index (χ3v) is 86.1. The highest BCUT2D eigenvalue weighted by Crippen LogP contribution is 2.37. The summed E-state index contributed by atoms with van der Waals surface area (Å²) in [6, 6.07) is 0. The fraction of sp³-hybridized carbons (Fsp3) is 1.00. The van der Waals surface area contributed by atoms with Crippen LogP contribution in [0.3, 0.4) is 0 Å². The van der Waals surface area contributed by atoms with Gasteiger partial charge in [0.05, 0.1) is 0 Å². The van der Waals surface area contributed by atoms with Gasteiger partial charge in [0, 0.05) is 7.11 Å². The van der Waals surface area contributed by atoms with Crippen molar-refractivity contribution in [3.05, 3.63) is 0 Å². The van der Waals surface area contributed by atoms with Crippen molar-refractivity contribution in [2.24, 2.45) is 0 Å². The quantitative estimate of drug-likeness (QED) is 0.107. The largest absolute Gasteiger partial charge is 0.457 e. The van der Waals surface area contributed by atoms with Crippen molar-refractivity contribution >= 4 is 104 Å². The Kier molecular flexibility index (Phi) is 14.0. The summed E-state index contributed by atoms with van der Waals surface area (Å²) in [4.78, 5) is 52.9. The molecule has 32 heavy (non-hydrogen) atoms. The molecule has 3 unspecified atom stereocenters. The van der Waals surface area contributed by atoms with Crippen LogP contribution in [0.4, 0.5) is 0 Å². The molecule has 3 atom stereocenters. The smallest absolute Gasteiger partial charge is 0.418 e. The third kappa shape index (κ3) is 7.83. The van der Waals surface area contributed by atoms with E-state index in [0.29, 0.717) is 0 Å². The average molecular weight is 654 g/mol. The molecule has 183 valence electrons. The van der Waals surface area contributed by atoms with Crippen molar-refractivity contribution in [1.29, 1.82) is 0 Å². The van der Waals surface area contributed by atoms with Gasteiger partial charge >= 0.3 is 34.7 Å². The van der Waals surface area contributed by atoms with Crippen LogP contribution in [0.5, 0.6) is 0 Å². The second-order valence-electron chi connectivity index (χ2n) is 8.76. The van der Waals surface area contributed by atoms with E-state index in [1.165, 1.54) is 7.11 Å². The molecule has 0 aliphatic heterocycles. The second kappa shape index (κ2) is 13.1. The van der Waals surface area contributed by atoms with E-state index < -0.39 is 93.2 Å². The minimum Gasteiger partial charge on any atom is -0.457 e. The van der Waals surface area contributed by atoms with Crippen molar-refractivity contribution in [2.75, 3.05) is 7.11 Å². The highest BCUT2D eigenvalue weighted by Gasteiger charge is 2.79. The Hall–Kier alpha value is 2.16. The third-order valence-electron chi connectivity index (χ3n) is 4.20. The van der Waals surface area contributed by atoms with Crippen LogP contribution in [0.25, 0.3) is 0 Å². The number of hydrogen-bond donors (Lipinski definition) is 5. The molecule has 0 aromatic rings. The highest BCUT2D eigenvalue weighted by atomic mass is 30.2. The zero-order valence-corrected chi connectivity index (χ0v) is 31.9. The lowest BCUT2D eigenvalue weighted by molar-refractivity contribution is 0.273. The van der Waals surface area contributed by atoms with E-state index in [0.717, 1.165) is 0 Å². The van der Waals surface area contributed by atoms with Gasteiger partial charge in [0.15, 0.2) is 16.9 Å². The number of hydrogen-bond acceptors (Lipinski definition) is 11. The minimum atomic E-state index is -4.20. The first kappa shape index (κ1) is 34.2. The Morgan fingerprint density at radius 2 is 1.25 bits per heavy atom. The summed E-state index contributed by atoms with van der Waals surface area (Å²) in [5.41, 5.74) is 0. The molecule has 0 aliphatic carbocycles. The maximum Gasteiger partial charge on any atom is 0.418 e. The maximum atomic E-state index is 11.1. The molecular weight excluding hydrogens is 621 g/mol. The number of rotatable bonds is 16. The van der Waals surface area contributed by atoms with Gasteiger partial charge in [0.25, 0.3) is 13.7 Å². The zero-order valence-electron chi connectivity index (χ0n) is 19.8. The summed E-state index contributed by atoms with van der Waals surface area (Å²) in [5.74, 6) is 0. The summed E-state index contributed by atoms with van der Waals surface area (Å²) < 4.78 is 37.1. The molecule has 0 aromatic carbocycles. The van der Waals surface area contributed by atoms with E-state index in [1.54, 1.807) is 19.6 Å². The lowest BCUT2D eigenvalue weighted by atomic mass is 11.8. The molecule has 11 radical (unpaired) electrons. The molecule has 23 heteroatoms. The molecule has 11 nitrogen and oxygen atoms in total. The van der Waals surface area contributed by atoms with Crippen LogP contribution >= 0.6 is 0 Å². The molecule has 0 saturated heterocycles. The van der Waals surface area contributed by atoms with Gasteiger partial charge in [0.2, 0.25) is 38.3 Å². The van der Waals surface area contributed by atoms with E-state index in [-0.39, 0.29) is 0 Å². The molecule has 0 amide bonds. The second-order valence-corrected chi connectivity index (χ2v) is 62.0. The van der Waals surface area contributed by atoms with Crippen LogP contribution in [0.2, 0.25) is 52.4 Å². The monoisotopic (exact) mass is 653 g/mol. The van der Waals surface area contributed by atoms with E-state index >= 15 is 0 Å². The molecular formula is C9H33O11Si12. The fourth-order valence-electron chi connectivity index (χ4n) is 3.04. The standard InChI is InChI=1S/C9H33O11Si12/c1-15-28(6,7)19-30(31(16-21,23-11)24-12,20-29(8,9)18-27(3,4)5)32(25-13,17-22-10)26(2)14/h10-14,26H,1-9H3. The molecule has 0 fully saturated rings. The normalized spacial score (nSPS) is 18.8. The van der Waals surface area contributed by atoms with Gasteiger partial charge in [-0.1, -0.05) is 0 Å². The summed E-state index contributed by atoms with van der Waals surface area (Å²) >= 11 is 0. The van der Waals surface area contributed by atoms with Gasteiger partial charge in [-0.15, -0.1) is 0 Å². The first-order chi connectivity index (χ1) is 14.4. The van der Waals surface area contributed by atoms with E-state index in [2.05, 4.69) is 10.5 Å². The Morgan fingerprint density at radius 1 is 0.781 bits per heavy atom. The Balaban J connectivity index is 7.49. The van der Waals surface area contributed by atoms with Gasteiger partial charge in [0.1, 0.15) is 0 Å². The van der Waals surface area contributed by atoms with Crippen molar-refractivity contribution in [3.8, 4) is 0 Å². The van der Waals surface area contributed by atoms with Crippen LogP contribution in [0.15, 0.2) is 0 Å². The molecule has 0 heterocycles. The average Bonchev–Trinajstić information content (AvgIpc) is 2.64. The minimum absolute atomic E-state index is 0.927. The SMILES string of the molecule is CO[Si](C)(C)O[Si](O[Si](C)(C)O[Si](C)(C)C)([Si](O[Si])([Si]O)[Si]O)[Si](O[Si]O)([Si]O)[SiH](C)O. The Labute approximate surface area is 211 Å². The fourth-order valence-corrected chi connectivity index (χ4v) is 124. The molecule has 0 spiro atoms. The summed E-state index contributed by atoms with van der Waals surface area (Å²) in [5, 5.41) is 0. The Bertz CT molecular complexity index is 567. The maximum absolute atomic E-state index is 11.1. The van der Waals surface area contributed by atoms with Crippen LogP contribution in [0.1, 0.15) is 0 Å². The molecule has 0 rings (SSSR count). The van der Waals surface area contributed by atoms with Crippen molar-refractivity contribution in [1.82, 2.24) is 0 Å². The van der Waals surface area contributed by atoms with E-state index in [4.69, 9.17) is 25.0 Å². The first-order valence-electron chi connectivity index (χ1n) is 9.42. The van der Waals surface area contributed by atoms with Gasteiger partial charge in [-0.25, -0.2) is 0 Å². The van der Waals surface area contributed by atoms with Gasteiger partial charge in [-0.2, -0.15) is 0 Å². The van der Waals surface area contributed by atoms with Gasteiger partial charge in [-0.05, 0) is 52.4 Å². The van der Waals surface area contributed by atoms with Crippen LogP contribution < -0.4 is 0 Å². The van der Waals surface area contributed by atoms with Crippen LogP contribution in [-0.4, -0.2) is 135 Å². The lowest BCUT2D eigenvalue weighted by Crippen LogP contribution is -2.94. The lowest BCUT2D eigenvalue weighted by Gasteiger charge is -2.55. The molecule has 0 aromatic heterocycles. The predicted molar refractivity (Wildman–Crippen MR) is 141 cm³/mol. The molecule has 0 saturated carbocycles. The van der Waals surface area contributed by atoms with Crippen molar-refractivity contribution in [3.63, 3.8) is 0 Å². The zero-order chi connectivity index (χ0) is 25.6. The Morgan fingerprint density at radius 3 is 1.53 bits per heavy atom. The molecule has 5 N–H and O–H groups in total. The van der Waals surface area contributed by atoms with Crippen LogP contribution in [-0.2, 0) is 25.0 Å². The summed E-state index contributed by atoms with van der Waals surface area (Å²) in [7, 11) is -14.7. The van der Waals surface area contributed by atoms with Gasteiger partial charge < -0.3 is 49.0 Å². The molecule has 0 aliphatic rings.